The first-order valence-electron chi connectivity index (χ1n) is 9.86. The van der Waals surface area contributed by atoms with Crippen LogP contribution in [0.2, 0.25) is 0 Å². The van der Waals surface area contributed by atoms with Crippen molar-refractivity contribution in [2.75, 3.05) is 24.7 Å². The van der Waals surface area contributed by atoms with Crippen molar-refractivity contribution in [2.45, 2.75) is 24.8 Å². The second-order valence-corrected chi connectivity index (χ2v) is 8.42. The topological polar surface area (TPSA) is 87.7 Å². The number of nitrogens with one attached hydrogen (secondary N) is 2. The summed E-state index contributed by atoms with van der Waals surface area (Å²) in [5, 5.41) is 5.70. The zero-order valence-corrected chi connectivity index (χ0v) is 18.3. The van der Waals surface area contributed by atoms with Crippen LogP contribution < -0.4 is 10.6 Å². The molecule has 2 aliphatic rings. The van der Waals surface area contributed by atoms with E-state index in [-0.39, 0.29) is 19.1 Å². The van der Waals surface area contributed by atoms with Gasteiger partial charge < -0.3 is 15.4 Å². The van der Waals surface area contributed by atoms with Crippen molar-refractivity contribution in [3.05, 3.63) is 70.4 Å². The molecule has 2 aromatic rings. The maximum absolute atomic E-state index is 12.9. The maximum atomic E-state index is 12.9. The first-order chi connectivity index (χ1) is 14.9. The van der Waals surface area contributed by atoms with E-state index < -0.39 is 18.0 Å². The Hall–Kier alpha value is -3.26. The van der Waals surface area contributed by atoms with Gasteiger partial charge in [-0.2, -0.15) is 0 Å². The number of nitrogens with zero attached hydrogens (tertiary/aromatic N) is 1. The molecule has 0 aromatic heterocycles. The SMILES string of the molecule is CSc1cccc(NC(=O)CN2C(=O)N[C@H](c3cc(C)ccc3C)C3=C2COC3=O)c1. The van der Waals surface area contributed by atoms with E-state index in [9.17, 15) is 14.4 Å². The van der Waals surface area contributed by atoms with Crippen LogP contribution >= 0.6 is 11.8 Å². The van der Waals surface area contributed by atoms with Crippen LogP contribution in [0.4, 0.5) is 10.5 Å². The monoisotopic (exact) mass is 437 g/mol. The van der Waals surface area contributed by atoms with Crippen LogP contribution in [0.3, 0.4) is 0 Å². The summed E-state index contributed by atoms with van der Waals surface area (Å²) in [6.45, 7) is 3.64. The van der Waals surface area contributed by atoms with Crippen LogP contribution in [0.1, 0.15) is 22.7 Å². The Morgan fingerprint density at radius 1 is 1.23 bits per heavy atom. The van der Waals surface area contributed by atoms with Crippen LogP contribution in [0.25, 0.3) is 0 Å². The molecule has 2 aromatic carbocycles. The van der Waals surface area contributed by atoms with E-state index in [1.807, 2.05) is 56.5 Å². The quantitative estimate of drug-likeness (QED) is 0.552. The lowest BCUT2D eigenvalue weighted by atomic mass is 9.91. The molecule has 0 radical (unpaired) electrons. The van der Waals surface area contributed by atoms with E-state index >= 15 is 0 Å². The van der Waals surface area contributed by atoms with E-state index in [1.165, 1.54) is 4.90 Å². The maximum Gasteiger partial charge on any atom is 0.338 e. The second-order valence-electron chi connectivity index (χ2n) is 7.55. The molecule has 0 saturated carbocycles. The number of hydrogen-bond donors (Lipinski definition) is 2. The smallest absolute Gasteiger partial charge is 0.338 e. The van der Waals surface area contributed by atoms with Gasteiger partial charge >= 0.3 is 12.0 Å². The fourth-order valence-corrected chi connectivity index (χ4v) is 4.29. The summed E-state index contributed by atoms with van der Waals surface area (Å²) in [5.41, 5.74) is 4.30. The molecule has 0 saturated heterocycles. The summed E-state index contributed by atoms with van der Waals surface area (Å²) in [4.78, 5) is 40.4. The largest absolute Gasteiger partial charge is 0.456 e. The molecule has 1 atom stereocenters. The van der Waals surface area contributed by atoms with E-state index in [1.54, 1.807) is 17.8 Å². The minimum absolute atomic E-state index is 0.0296. The van der Waals surface area contributed by atoms with Gasteiger partial charge in [-0.1, -0.05) is 29.8 Å². The number of ether oxygens (including phenoxy) is 1. The van der Waals surface area contributed by atoms with Gasteiger partial charge in [-0.3, -0.25) is 9.69 Å². The number of carbonyl (C=O) groups excluding carboxylic acids is 3. The molecule has 0 spiro atoms. The molecule has 3 amide bonds. The Balaban J connectivity index is 1.61. The van der Waals surface area contributed by atoms with Gasteiger partial charge in [0, 0.05) is 10.6 Å². The van der Waals surface area contributed by atoms with Crippen molar-refractivity contribution in [3.8, 4) is 0 Å². The first kappa shape index (κ1) is 21.0. The molecule has 2 N–H and O–H groups in total. The van der Waals surface area contributed by atoms with Gasteiger partial charge in [-0.15, -0.1) is 11.8 Å². The summed E-state index contributed by atoms with van der Waals surface area (Å²) in [6, 6.07) is 12.3. The molecule has 2 aliphatic heterocycles. The first-order valence-corrected chi connectivity index (χ1v) is 11.1. The number of anilines is 1. The van der Waals surface area contributed by atoms with E-state index in [0.717, 1.165) is 21.6 Å². The third-order valence-corrected chi connectivity index (χ3v) is 6.12. The normalized spacial score (nSPS) is 17.9. The highest BCUT2D eigenvalue weighted by molar-refractivity contribution is 7.98. The highest BCUT2D eigenvalue weighted by atomic mass is 32.2. The molecule has 0 unspecified atom stereocenters. The average molecular weight is 438 g/mol. The molecule has 0 aliphatic carbocycles. The van der Waals surface area contributed by atoms with E-state index in [4.69, 9.17) is 4.74 Å². The van der Waals surface area contributed by atoms with Gasteiger partial charge in [-0.05, 0) is 49.4 Å². The number of benzene rings is 2. The molecule has 2 heterocycles. The molecule has 4 rings (SSSR count). The molecule has 0 fully saturated rings. The second kappa shape index (κ2) is 8.47. The third-order valence-electron chi connectivity index (χ3n) is 5.40. The van der Waals surface area contributed by atoms with Crippen LogP contribution in [0.5, 0.6) is 0 Å². The molecular formula is C23H23N3O4S. The lowest BCUT2D eigenvalue weighted by Crippen LogP contribution is -2.49. The Bertz CT molecular complexity index is 1110. The summed E-state index contributed by atoms with van der Waals surface area (Å²) >= 11 is 1.57. The zero-order chi connectivity index (χ0) is 22.1. The molecule has 31 heavy (non-hydrogen) atoms. The zero-order valence-electron chi connectivity index (χ0n) is 17.5. The number of urea groups is 1. The van der Waals surface area contributed by atoms with E-state index in [0.29, 0.717) is 17.0 Å². The van der Waals surface area contributed by atoms with Gasteiger partial charge in [-0.25, -0.2) is 9.59 Å². The molecule has 7 nitrogen and oxygen atoms in total. The van der Waals surface area contributed by atoms with Gasteiger partial charge in [0.25, 0.3) is 0 Å². The Morgan fingerprint density at radius 3 is 2.81 bits per heavy atom. The minimum atomic E-state index is -0.602. The van der Waals surface area contributed by atoms with Gasteiger partial charge in [0.2, 0.25) is 5.91 Å². The fraction of sp³-hybridized carbons (Fsp3) is 0.261. The number of cyclic esters (lactones) is 1. The van der Waals surface area contributed by atoms with Gasteiger partial charge in [0.1, 0.15) is 13.2 Å². The number of thioether (sulfide) groups is 1. The van der Waals surface area contributed by atoms with Crippen molar-refractivity contribution in [1.29, 1.82) is 0 Å². The predicted molar refractivity (Wildman–Crippen MR) is 119 cm³/mol. The molecular weight excluding hydrogens is 414 g/mol. The average Bonchev–Trinajstić information content (AvgIpc) is 3.13. The lowest BCUT2D eigenvalue weighted by molar-refractivity contribution is -0.136. The van der Waals surface area contributed by atoms with Crippen molar-refractivity contribution < 1.29 is 19.1 Å². The minimum Gasteiger partial charge on any atom is -0.456 e. The lowest BCUT2D eigenvalue weighted by Gasteiger charge is -2.33. The van der Waals surface area contributed by atoms with Crippen molar-refractivity contribution in [2.24, 2.45) is 0 Å². The van der Waals surface area contributed by atoms with Crippen LogP contribution in [-0.4, -0.2) is 42.2 Å². The van der Waals surface area contributed by atoms with Crippen LogP contribution in [0, 0.1) is 13.8 Å². The van der Waals surface area contributed by atoms with Crippen molar-refractivity contribution in [1.82, 2.24) is 10.2 Å². The molecule has 160 valence electrons. The Kier molecular flexibility index (Phi) is 5.73. The highest BCUT2D eigenvalue weighted by Gasteiger charge is 2.43. The summed E-state index contributed by atoms with van der Waals surface area (Å²) in [5.74, 6) is -0.830. The number of hydrogen-bond acceptors (Lipinski definition) is 5. The Labute approximate surface area is 184 Å². The van der Waals surface area contributed by atoms with Gasteiger partial charge in [0.15, 0.2) is 0 Å². The summed E-state index contributed by atoms with van der Waals surface area (Å²) in [7, 11) is 0. The van der Waals surface area contributed by atoms with Crippen molar-refractivity contribution >= 4 is 35.4 Å². The van der Waals surface area contributed by atoms with Crippen LogP contribution in [-0.2, 0) is 14.3 Å². The summed E-state index contributed by atoms with van der Waals surface area (Å²) < 4.78 is 5.25. The number of esters is 1. The van der Waals surface area contributed by atoms with E-state index in [2.05, 4.69) is 10.6 Å². The Morgan fingerprint density at radius 2 is 2.03 bits per heavy atom. The van der Waals surface area contributed by atoms with Gasteiger partial charge in [0.05, 0.1) is 17.3 Å². The molecule has 8 heteroatoms. The highest BCUT2D eigenvalue weighted by Crippen LogP contribution is 2.36. The number of amides is 3. The molecule has 0 bridgehead atoms. The van der Waals surface area contributed by atoms with Crippen molar-refractivity contribution in [3.63, 3.8) is 0 Å². The number of rotatable bonds is 5. The third kappa shape index (κ3) is 4.16. The standard InChI is InChI=1S/C23H23N3O4S/c1-13-7-8-14(2)17(9-13)21-20-18(12-30-22(20)28)26(23(29)25-21)11-19(27)24-15-5-4-6-16(10-15)31-3/h4-10,21H,11-12H2,1-3H3,(H,24,27)(H,25,29)/t21-/m1/s1. The number of carbonyl (C=O) groups is 3. The predicted octanol–water partition coefficient (Wildman–Crippen LogP) is 3.54. The fourth-order valence-electron chi connectivity index (χ4n) is 3.83. The van der Waals surface area contributed by atoms with Crippen LogP contribution in [0.15, 0.2) is 58.6 Å². The summed E-state index contributed by atoms with van der Waals surface area (Å²) in [6.07, 6.45) is 1.95. The number of aryl methyl sites for hydroxylation is 2.